The standard InChI is InChI=1S/C18H22N2O3/c1-5-13-6-8-14(9-7-13)16(21)20-11-10-15(12-20)19-17(22)23-18(2,3)4/h1,6-9,15H,10-12H2,2-4H3,(H,19,22). The Morgan fingerprint density at radius 3 is 2.52 bits per heavy atom. The summed E-state index contributed by atoms with van der Waals surface area (Å²) in [5.74, 6) is 2.47. The number of carbonyl (C=O) groups excluding carboxylic acids is 2. The highest BCUT2D eigenvalue weighted by Crippen LogP contribution is 2.15. The molecule has 0 aromatic heterocycles. The van der Waals surface area contributed by atoms with Crippen LogP contribution in [0.5, 0.6) is 0 Å². The predicted octanol–water partition coefficient (Wildman–Crippen LogP) is 2.41. The summed E-state index contributed by atoms with van der Waals surface area (Å²) < 4.78 is 5.23. The van der Waals surface area contributed by atoms with E-state index < -0.39 is 11.7 Å². The molecule has 2 amide bonds. The van der Waals surface area contributed by atoms with Gasteiger partial charge in [-0.25, -0.2) is 4.79 Å². The minimum atomic E-state index is -0.531. The lowest BCUT2D eigenvalue weighted by atomic mass is 10.1. The molecule has 1 atom stereocenters. The van der Waals surface area contributed by atoms with Crippen LogP contribution in [0.25, 0.3) is 0 Å². The molecule has 1 unspecified atom stereocenters. The number of nitrogens with zero attached hydrogens (tertiary/aromatic N) is 1. The highest BCUT2D eigenvalue weighted by atomic mass is 16.6. The molecule has 2 rings (SSSR count). The first kappa shape index (κ1) is 16.9. The van der Waals surface area contributed by atoms with Crippen LogP contribution in [0.4, 0.5) is 4.79 Å². The van der Waals surface area contributed by atoms with Crippen LogP contribution in [0, 0.1) is 12.3 Å². The van der Waals surface area contributed by atoms with Crippen molar-refractivity contribution in [2.24, 2.45) is 0 Å². The lowest BCUT2D eigenvalue weighted by Crippen LogP contribution is -2.41. The number of hydrogen-bond donors (Lipinski definition) is 1. The van der Waals surface area contributed by atoms with Gasteiger partial charge in [-0.3, -0.25) is 4.79 Å². The van der Waals surface area contributed by atoms with E-state index >= 15 is 0 Å². The zero-order chi connectivity index (χ0) is 17.0. The second-order valence-corrected chi connectivity index (χ2v) is 6.60. The highest BCUT2D eigenvalue weighted by Gasteiger charge is 2.29. The molecule has 5 nitrogen and oxygen atoms in total. The Kier molecular flexibility index (Phi) is 4.95. The first-order valence-electron chi connectivity index (χ1n) is 7.64. The Morgan fingerprint density at radius 1 is 1.30 bits per heavy atom. The molecule has 1 aliphatic heterocycles. The van der Waals surface area contributed by atoms with Crippen molar-refractivity contribution >= 4 is 12.0 Å². The Labute approximate surface area is 137 Å². The molecule has 5 heteroatoms. The average Bonchev–Trinajstić information content (AvgIpc) is 2.93. The fourth-order valence-electron chi connectivity index (χ4n) is 2.43. The van der Waals surface area contributed by atoms with Crippen molar-refractivity contribution in [1.29, 1.82) is 0 Å². The number of alkyl carbamates (subject to hydrolysis) is 1. The van der Waals surface area contributed by atoms with Crippen LogP contribution < -0.4 is 5.32 Å². The third kappa shape index (κ3) is 4.75. The number of carbonyl (C=O) groups is 2. The molecule has 0 spiro atoms. The number of hydrogen-bond acceptors (Lipinski definition) is 3. The van der Waals surface area contributed by atoms with Gasteiger partial charge >= 0.3 is 6.09 Å². The quantitative estimate of drug-likeness (QED) is 0.853. The minimum Gasteiger partial charge on any atom is -0.444 e. The third-order valence-electron chi connectivity index (χ3n) is 3.49. The molecule has 0 bridgehead atoms. The summed E-state index contributed by atoms with van der Waals surface area (Å²) >= 11 is 0. The van der Waals surface area contributed by atoms with Gasteiger partial charge in [0.1, 0.15) is 5.60 Å². The van der Waals surface area contributed by atoms with Gasteiger partial charge in [-0.15, -0.1) is 6.42 Å². The van der Waals surface area contributed by atoms with E-state index in [1.807, 2.05) is 20.8 Å². The van der Waals surface area contributed by atoms with E-state index in [1.54, 1.807) is 29.2 Å². The van der Waals surface area contributed by atoms with E-state index in [-0.39, 0.29) is 11.9 Å². The molecule has 122 valence electrons. The first-order chi connectivity index (χ1) is 10.8. The maximum atomic E-state index is 12.4. The van der Waals surface area contributed by atoms with Crippen LogP contribution in [-0.4, -0.2) is 41.6 Å². The van der Waals surface area contributed by atoms with Crippen molar-refractivity contribution in [3.63, 3.8) is 0 Å². The smallest absolute Gasteiger partial charge is 0.407 e. The van der Waals surface area contributed by atoms with E-state index in [9.17, 15) is 9.59 Å². The summed E-state index contributed by atoms with van der Waals surface area (Å²) in [4.78, 5) is 25.9. The normalized spacial score (nSPS) is 17.5. The van der Waals surface area contributed by atoms with E-state index in [4.69, 9.17) is 11.2 Å². The topological polar surface area (TPSA) is 58.6 Å². The number of ether oxygens (including phenoxy) is 1. The maximum Gasteiger partial charge on any atom is 0.407 e. The van der Waals surface area contributed by atoms with Crippen LogP contribution in [0.3, 0.4) is 0 Å². The van der Waals surface area contributed by atoms with Crippen molar-refractivity contribution in [2.45, 2.75) is 38.8 Å². The Morgan fingerprint density at radius 2 is 1.96 bits per heavy atom. The number of nitrogens with one attached hydrogen (secondary N) is 1. The maximum absolute atomic E-state index is 12.4. The van der Waals surface area contributed by atoms with Crippen LogP contribution >= 0.6 is 0 Å². The van der Waals surface area contributed by atoms with Crippen molar-refractivity contribution in [3.05, 3.63) is 35.4 Å². The molecule has 1 fully saturated rings. The highest BCUT2D eigenvalue weighted by molar-refractivity contribution is 5.94. The van der Waals surface area contributed by atoms with Crippen molar-refractivity contribution in [1.82, 2.24) is 10.2 Å². The Balaban J connectivity index is 1.90. The first-order valence-corrected chi connectivity index (χ1v) is 7.64. The molecule has 1 N–H and O–H groups in total. The summed E-state index contributed by atoms with van der Waals surface area (Å²) in [6, 6.07) is 6.87. The van der Waals surface area contributed by atoms with Gasteiger partial charge in [0.2, 0.25) is 0 Å². The van der Waals surface area contributed by atoms with E-state index in [0.717, 1.165) is 5.56 Å². The molecule has 23 heavy (non-hydrogen) atoms. The summed E-state index contributed by atoms with van der Waals surface area (Å²) in [5, 5.41) is 2.81. The number of benzene rings is 1. The summed E-state index contributed by atoms with van der Waals surface area (Å²) in [5.41, 5.74) is 0.811. The summed E-state index contributed by atoms with van der Waals surface area (Å²) in [7, 11) is 0. The van der Waals surface area contributed by atoms with Gasteiger partial charge in [0, 0.05) is 24.2 Å². The molecule has 1 aromatic carbocycles. The average molecular weight is 314 g/mol. The Bertz CT molecular complexity index is 623. The Hall–Kier alpha value is -2.48. The largest absolute Gasteiger partial charge is 0.444 e. The van der Waals surface area contributed by atoms with Crippen molar-refractivity contribution < 1.29 is 14.3 Å². The van der Waals surface area contributed by atoms with Gasteiger partial charge in [-0.05, 0) is 51.5 Å². The SMILES string of the molecule is C#Cc1ccc(C(=O)N2CCC(NC(=O)OC(C)(C)C)C2)cc1. The lowest BCUT2D eigenvalue weighted by Gasteiger charge is -2.22. The number of terminal acetylenes is 1. The molecule has 1 aromatic rings. The fourth-order valence-corrected chi connectivity index (χ4v) is 2.43. The second kappa shape index (κ2) is 6.74. The molecule has 0 saturated carbocycles. The number of amides is 2. The van der Waals surface area contributed by atoms with Crippen LogP contribution in [0.1, 0.15) is 43.1 Å². The lowest BCUT2D eigenvalue weighted by molar-refractivity contribution is 0.0502. The monoisotopic (exact) mass is 314 g/mol. The van der Waals surface area contributed by atoms with Gasteiger partial charge in [-0.2, -0.15) is 0 Å². The second-order valence-electron chi connectivity index (χ2n) is 6.60. The number of rotatable bonds is 2. The molecule has 0 radical (unpaired) electrons. The van der Waals surface area contributed by atoms with Gasteiger partial charge in [0.25, 0.3) is 5.91 Å². The van der Waals surface area contributed by atoms with Crippen molar-refractivity contribution in [3.8, 4) is 12.3 Å². The predicted molar refractivity (Wildman–Crippen MR) is 88.1 cm³/mol. The van der Waals surface area contributed by atoms with E-state index in [2.05, 4.69) is 11.2 Å². The molecule has 1 saturated heterocycles. The van der Waals surface area contributed by atoms with Gasteiger partial charge in [-0.1, -0.05) is 5.92 Å². The molecular formula is C18H22N2O3. The van der Waals surface area contributed by atoms with Gasteiger partial charge < -0.3 is 15.0 Å². The molecule has 1 heterocycles. The zero-order valence-corrected chi connectivity index (χ0v) is 13.8. The molecule has 0 aliphatic carbocycles. The van der Waals surface area contributed by atoms with Gasteiger partial charge in [0.05, 0.1) is 6.04 Å². The molecular weight excluding hydrogens is 292 g/mol. The van der Waals surface area contributed by atoms with Crippen LogP contribution in [-0.2, 0) is 4.74 Å². The summed E-state index contributed by atoms with van der Waals surface area (Å²) in [6.45, 7) is 6.54. The zero-order valence-electron chi connectivity index (χ0n) is 13.8. The minimum absolute atomic E-state index is 0.0536. The third-order valence-corrected chi connectivity index (χ3v) is 3.49. The summed E-state index contributed by atoms with van der Waals surface area (Å²) in [6.07, 6.45) is 5.58. The van der Waals surface area contributed by atoms with Crippen LogP contribution in [0.15, 0.2) is 24.3 Å². The number of likely N-dealkylation sites (tertiary alicyclic amines) is 1. The van der Waals surface area contributed by atoms with E-state index in [1.165, 1.54) is 0 Å². The molecule has 1 aliphatic rings. The fraction of sp³-hybridized carbons (Fsp3) is 0.444. The van der Waals surface area contributed by atoms with Crippen molar-refractivity contribution in [2.75, 3.05) is 13.1 Å². The van der Waals surface area contributed by atoms with Crippen LogP contribution in [0.2, 0.25) is 0 Å². The van der Waals surface area contributed by atoms with E-state index in [0.29, 0.717) is 25.1 Å². The van der Waals surface area contributed by atoms with Gasteiger partial charge in [0.15, 0.2) is 0 Å².